The molecule has 5 atom stereocenters. The average Bonchev–Trinajstić information content (AvgIpc) is 2.85. The smallest absolute Gasteiger partial charge is 0.307 e. The second-order valence-corrected chi connectivity index (χ2v) is 8.61. The Balaban J connectivity index is 1.73. The third kappa shape index (κ3) is 1.96. The number of carbonyl (C=O) groups excluding carboxylic acids is 1. The SMILES string of the molecule is C[C@]12CC[C@@H]3C(=C1CCC2C(=O)O)CCC1NC(=O)CC[C@@]13C. The molecule has 0 bridgehead atoms. The van der Waals surface area contributed by atoms with E-state index in [-0.39, 0.29) is 22.7 Å². The highest BCUT2D eigenvalue weighted by molar-refractivity contribution is 5.77. The fraction of sp³-hybridized carbons (Fsp3) is 0.789. The zero-order chi connectivity index (χ0) is 16.4. The fourth-order valence-corrected chi connectivity index (χ4v) is 6.34. The molecule has 4 rings (SSSR count). The monoisotopic (exact) mass is 317 g/mol. The molecule has 0 aromatic rings. The largest absolute Gasteiger partial charge is 0.481 e. The van der Waals surface area contributed by atoms with Crippen molar-refractivity contribution in [3.05, 3.63) is 11.1 Å². The first-order chi connectivity index (χ1) is 10.9. The Kier molecular flexibility index (Phi) is 3.20. The van der Waals surface area contributed by atoms with Crippen molar-refractivity contribution in [1.29, 1.82) is 0 Å². The van der Waals surface area contributed by atoms with Gasteiger partial charge in [-0.25, -0.2) is 0 Å². The van der Waals surface area contributed by atoms with Gasteiger partial charge in [0.1, 0.15) is 0 Å². The van der Waals surface area contributed by atoms with Gasteiger partial charge >= 0.3 is 5.97 Å². The molecule has 0 spiro atoms. The van der Waals surface area contributed by atoms with Crippen LogP contribution in [0, 0.1) is 22.7 Å². The molecular weight excluding hydrogens is 290 g/mol. The quantitative estimate of drug-likeness (QED) is 0.729. The number of allylic oxidation sites excluding steroid dienone is 2. The van der Waals surface area contributed by atoms with E-state index in [2.05, 4.69) is 19.2 Å². The van der Waals surface area contributed by atoms with Crippen LogP contribution in [0.15, 0.2) is 11.1 Å². The van der Waals surface area contributed by atoms with Gasteiger partial charge in [-0.3, -0.25) is 9.59 Å². The topological polar surface area (TPSA) is 66.4 Å². The van der Waals surface area contributed by atoms with E-state index in [1.807, 2.05) is 0 Å². The Labute approximate surface area is 137 Å². The van der Waals surface area contributed by atoms with E-state index in [1.54, 1.807) is 5.57 Å². The minimum absolute atomic E-state index is 0.126. The van der Waals surface area contributed by atoms with Crippen LogP contribution in [0.5, 0.6) is 0 Å². The minimum Gasteiger partial charge on any atom is -0.481 e. The molecule has 4 heteroatoms. The summed E-state index contributed by atoms with van der Waals surface area (Å²) in [5.74, 6) is -0.0811. The molecule has 4 aliphatic rings. The van der Waals surface area contributed by atoms with E-state index in [0.717, 1.165) is 44.9 Å². The third-order valence-electron chi connectivity index (χ3n) is 7.72. The molecule has 3 fully saturated rings. The number of aliphatic carboxylic acids is 1. The van der Waals surface area contributed by atoms with Crippen LogP contribution in [-0.4, -0.2) is 23.0 Å². The maximum absolute atomic E-state index is 11.8. The summed E-state index contributed by atoms with van der Waals surface area (Å²) in [6.07, 6.45) is 7.52. The number of amides is 1. The van der Waals surface area contributed by atoms with E-state index in [4.69, 9.17) is 0 Å². The molecule has 0 aromatic heterocycles. The van der Waals surface area contributed by atoms with Crippen LogP contribution in [0.2, 0.25) is 0 Å². The molecule has 3 aliphatic carbocycles. The van der Waals surface area contributed by atoms with Gasteiger partial charge in [0.2, 0.25) is 5.91 Å². The lowest BCUT2D eigenvalue weighted by molar-refractivity contribution is -0.145. The van der Waals surface area contributed by atoms with Crippen LogP contribution >= 0.6 is 0 Å². The Bertz CT molecular complexity index is 610. The predicted octanol–water partition coefficient (Wildman–Crippen LogP) is 3.27. The number of carboxylic acids is 1. The van der Waals surface area contributed by atoms with E-state index >= 15 is 0 Å². The van der Waals surface area contributed by atoms with Crippen LogP contribution in [0.3, 0.4) is 0 Å². The highest BCUT2D eigenvalue weighted by Crippen LogP contribution is 2.62. The van der Waals surface area contributed by atoms with Crippen LogP contribution in [-0.2, 0) is 9.59 Å². The van der Waals surface area contributed by atoms with Gasteiger partial charge < -0.3 is 10.4 Å². The Morgan fingerprint density at radius 2 is 1.91 bits per heavy atom. The third-order valence-corrected chi connectivity index (χ3v) is 7.72. The van der Waals surface area contributed by atoms with Crippen molar-refractivity contribution in [3.8, 4) is 0 Å². The molecule has 2 N–H and O–H groups in total. The molecule has 23 heavy (non-hydrogen) atoms. The van der Waals surface area contributed by atoms with E-state index in [0.29, 0.717) is 18.4 Å². The van der Waals surface area contributed by atoms with Gasteiger partial charge in [0.25, 0.3) is 0 Å². The summed E-state index contributed by atoms with van der Waals surface area (Å²) in [6, 6.07) is 0.305. The molecular formula is C19H27NO3. The minimum atomic E-state index is -0.619. The number of rotatable bonds is 1. The number of carboxylic acid groups (broad SMARTS) is 1. The number of hydrogen-bond acceptors (Lipinski definition) is 2. The summed E-state index contributed by atoms with van der Waals surface area (Å²) < 4.78 is 0. The summed E-state index contributed by atoms with van der Waals surface area (Å²) in [5, 5.41) is 12.8. The van der Waals surface area contributed by atoms with Crippen molar-refractivity contribution < 1.29 is 14.7 Å². The number of nitrogens with one attached hydrogen (secondary N) is 1. The molecule has 0 radical (unpaired) electrons. The van der Waals surface area contributed by atoms with Gasteiger partial charge in [-0.15, -0.1) is 0 Å². The van der Waals surface area contributed by atoms with Crippen molar-refractivity contribution in [2.75, 3.05) is 0 Å². The number of piperidine rings is 1. The highest BCUT2D eigenvalue weighted by atomic mass is 16.4. The lowest BCUT2D eigenvalue weighted by Crippen LogP contribution is -2.57. The van der Waals surface area contributed by atoms with Crippen LogP contribution in [0.1, 0.15) is 65.2 Å². The van der Waals surface area contributed by atoms with Gasteiger partial charge in [0.15, 0.2) is 0 Å². The summed E-state index contributed by atoms with van der Waals surface area (Å²) in [5.41, 5.74) is 3.07. The molecule has 1 aliphatic heterocycles. The predicted molar refractivity (Wildman–Crippen MR) is 86.7 cm³/mol. The van der Waals surface area contributed by atoms with Gasteiger partial charge in [-0.05, 0) is 56.3 Å². The number of fused-ring (bicyclic) bond motifs is 4. The van der Waals surface area contributed by atoms with E-state index in [1.165, 1.54) is 5.57 Å². The second-order valence-electron chi connectivity index (χ2n) is 8.61. The van der Waals surface area contributed by atoms with Crippen molar-refractivity contribution in [3.63, 3.8) is 0 Å². The first kappa shape index (κ1) is 15.2. The molecule has 2 unspecified atom stereocenters. The highest BCUT2D eigenvalue weighted by Gasteiger charge is 2.56. The molecule has 1 saturated heterocycles. The standard InChI is InChI=1S/C19H27NO3/c1-18-9-7-13-11(12(18)4-5-14(18)17(22)23)3-6-15-19(13,2)10-8-16(21)20-15/h13-15H,3-10H2,1-2H3,(H,20,21)(H,22,23)/t13-,14?,15?,18+,19-/m1/s1. The maximum Gasteiger partial charge on any atom is 0.307 e. The number of carbonyl (C=O) groups is 2. The fourth-order valence-electron chi connectivity index (χ4n) is 6.34. The summed E-state index contributed by atoms with van der Waals surface area (Å²) in [4.78, 5) is 23.5. The first-order valence-electron chi connectivity index (χ1n) is 9.11. The van der Waals surface area contributed by atoms with Gasteiger partial charge in [-0.2, -0.15) is 0 Å². The summed E-state index contributed by atoms with van der Waals surface area (Å²) in [6.45, 7) is 4.54. The number of hydrogen-bond donors (Lipinski definition) is 2. The molecule has 1 heterocycles. The van der Waals surface area contributed by atoms with Crippen LogP contribution in [0.4, 0.5) is 0 Å². The molecule has 1 amide bonds. The van der Waals surface area contributed by atoms with E-state index in [9.17, 15) is 14.7 Å². The Morgan fingerprint density at radius 3 is 2.65 bits per heavy atom. The Hall–Kier alpha value is -1.32. The van der Waals surface area contributed by atoms with Gasteiger partial charge in [0, 0.05) is 17.9 Å². The van der Waals surface area contributed by atoms with Gasteiger partial charge in [-0.1, -0.05) is 25.0 Å². The van der Waals surface area contributed by atoms with Crippen molar-refractivity contribution in [1.82, 2.24) is 5.32 Å². The summed E-state index contributed by atoms with van der Waals surface area (Å²) >= 11 is 0. The molecule has 0 aromatic carbocycles. The zero-order valence-corrected chi connectivity index (χ0v) is 14.2. The average molecular weight is 317 g/mol. The second kappa shape index (κ2) is 4.84. The van der Waals surface area contributed by atoms with E-state index < -0.39 is 5.97 Å². The van der Waals surface area contributed by atoms with Crippen molar-refractivity contribution in [2.24, 2.45) is 22.7 Å². The zero-order valence-electron chi connectivity index (χ0n) is 14.2. The molecule has 126 valence electrons. The van der Waals surface area contributed by atoms with Crippen molar-refractivity contribution >= 4 is 11.9 Å². The Morgan fingerprint density at radius 1 is 1.13 bits per heavy atom. The van der Waals surface area contributed by atoms with Crippen molar-refractivity contribution in [2.45, 2.75) is 71.3 Å². The summed E-state index contributed by atoms with van der Waals surface area (Å²) in [7, 11) is 0. The molecule has 2 saturated carbocycles. The maximum atomic E-state index is 11.8. The lowest BCUT2D eigenvalue weighted by Gasteiger charge is -2.55. The first-order valence-corrected chi connectivity index (χ1v) is 9.11. The normalized spacial score (nSPS) is 45.8. The molecule has 4 nitrogen and oxygen atoms in total. The van der Waals surface area contributed by atoms with Crippen LogP contribution in [0.25, 0.3) is 0 Å². The van der Waals surface area contributed by atoms with Gasteiger partial charge in [0.05, 0.1) is 5.92 Å². The van der Waals surface area contributed by atoms with Crippen LogP contribution < -0.4 is 5.32 Å². The lowest BCUT2D eigenvalue weighted by atomic mass is 9.52.